The molecule has 0 amide bonds. The summed E-state index contributed by atoms with van der Waals surface area (Å²) in [6.07, 6.45) is 2.82. The second-order valence-electron chi connectivity index (χ2n) is 9.55. The Labute approximate surface area is 243 Å². The van der Waals surface area contributed by atoms with Crippen LogP contribution in [0.1, 0.15) is 34.7 Å². The van der Waals surface area contributed by atoms with Gasteiger partial charge < -0.3 is 24.6 Å². The molecule has 1 aliphatic heterocycles. The van der Waals surface area contributed by atoms with Gasteiger partial charge in [-0.1, -0.05) is 17.7 Å². The van der Waals surface area contributed by atoms with Crippen LogP contribution in [0.4, 0.5) is 11.4 Å². The van der Waals surface area contributed by atoms with Gasteiger partial charge in [-0.2, -0.15) is 0 Å². The molecule has 4 aromatic rings. The number of aryl methyl sites for hydroxylation is 1. The maximum absolute atomic E-state index is 12.1. The summed E-state index contributed by atoms with van der Waals surface area (Å²) in [6.45, 7) is 3.93. The first kappa shape index (κ1) is 27.8. The van der Waals surface area contributed by atoms with Crippen LogP contribution in [-0.4, -0.2) is 41.6 Å². The zero-order valence-corrected chi connectivity index (χ0v) is 24.6. The van der Waals surface area contributed by atoms with Crippen LogP contribution >= 0.6 is 23.8 Å². The Morgan fingerprint density at radius 1 is 1.12 bits per heavy atom. The van der Waals surface area contributed by atoms with E-state index in [1.165, 1.54) is 7.11 Å². The van der Waals surface area contributed by atoms with Crippen molar-refractivity contribution < 1.29 is 18.3 Å². The van der Waals surface area contributed by atoms with Crippen LogP contribution in [0.3, 0.4) is 0 Å². The van der Waals surface area contributed by atoms with Gasteiger partial charge in [0.1, 0.15) is 11.5 Å². The fourth-order valence-electron chi connectivity index (χ4n) is 5.21. The summed E-state index contributed by atoms with van der Waals surface area (Å²) in [5.41, 5.74) is 5.00. The average Bonchev–Trinajstić information content (AvgIpc) is 3.40. The summed E-state index contributed by atoms with van der Waals surface area (Å²) in [5, 5.41) is 15.1. The second kappa shape index (κ2) is 10.6. The molecule has 40 heavy (non-hydrogen) atoms. The van der Waals surface area contributed by atoms with Crippen LogP contribution in [0.15, 0.2) is 66.9 Å². The Morgan fingerprint density at radius 2 is 1.90 bits per heavy atom. The molecule has 12 heteroatoms. The topological polar surface area (TPSA) is 109 Å². The molecular formula is C28H28ClN5O4S2. The first-order valence-electron chi connectivity index (χ1n) is 12.3. The van der Waals surface area contributed by atoms with Gasteiger partial charge in [0.25, 0.3) is 0 Å². The van der Waals surface area contributed by atoms with Crippen LogP contribution in [0, 0.1) is 13.8 Å². The van der Waals surface area contributed by atoms with Crippen molar-refractivity contribution in [3.63, 3.8) is 0 Å². The largest absolute Gasteiger partial charge is 0.506 e. The van der Waals surface area contributed by atoms with Gasteiger partial charge in [-0.05, 0) is 86.2 Å². The van der Waals surface area contributed by atoms with Crippen molar-refractivity contribution in [1.82, 2.24) is 14.9 Å². The molecule has 0 spiro atoms. The highest BCUT2D eigenvalue weighted by Crippen LogP contribution is 2.45. The quantitative estimate of drug-likeness (QED) is 0.243. The number of halogens is 1. The minimum Gasteiger partial charge on any atom is -0.506 e. The number of ether oxygens (including phenoxy) is 1. The maximum Gasteiger partial charge on any atom is 0.229 e. The predicted molar refractivity (Wildman–Crippen MR) is 161 cm³/mol. The van der Waals surface area contributed by atoms with Crippen molar-refractivity contribution in [2.75, 3.05) is 23.0 Å². The fraction of sp³-hybridized carbons (Fsp3) is 0.214. The number of thiocarbonyl (C=S) groups is 1. The van der Waals surface area contributed by atoms with E-state index in [1.54, 1.807) is 36.5 Å². The fourth-order valence-corrected chi connectivity index (χ4v) is 6.28. The minimum atomic E-state index is -3.58. The Bertz CT molecular complexity index is 1710. The molecule has 0 aliphatic carbocycles. The predicted octanol–water partition coefficient (Wildman–Crippen LogP) is 5.41. The Hall–Kier alpha value is -3.80. The third kappa shape index (κ3) is 5.19. The van der Waals surface area contributed by atoms with Gasteiger partial charge in [0.05, 0.1) is 42.5 Å². The van der Waals surface area contributed by atoms with Gasteiger partial charge in [-0.15, -0.1) is 0 Å². The highest BCUT2D eigenvalue weighted by atomic mass is 35.5. The van der Waals surface area contributed by atoms with Crippen LogP contribution in [0.2, 0.25) is 5.02 Å². The molecule has 5 rings (SSSR count). The normalized spacial score (nSPS) is 17.1. The number of benzene rings is 2. The number of aromatic hydroxyl groups is 1. The molecule has 3 N–H and O–H groups in total. The highest BCUT2D eigenvalue weighted by Gasteiger charge is 2.42. The maximum atomic E-state index is 12.1. The molecule has 1 aliphatic rings. The number of anilines is 2. The van der Waals surface area contributed by atoms with E-state index in [0.29, 0.717) is 32.9 Å². The average molecular weight is 598 g/mol. The van der Waals surface area contributed by atoms with E-state index in [0.717, 1.165) is 28.9 Å². The third-order valence-electron chi connectivity index (χ3n) is 6.82. The molecular weight excluding hydrogens is 570 g/mol. The summed E-state index contributed by atoms with van der Waals surface area (Å²) >= 11 is 12.1. The summed E-state index contributed by atoms with van der Waals surface area (Å²) in [7, 11) is -2.10. The van der Waals surface area contributed by atoms with Crippen molar-refractivity contribution in [1.29, 1.82) is 0 Å². The van der Waals surface area contributed by atoms with E-state index >= 15 is 0 Å². The van der Waals surface area contributed by atoms with E-state index < -0.39 is 10.0 Å². The van der Waals surface area contributed by atoms with Crippen molar-refractivity contribution in [3.05, 3.63) is 94.5 Å². The number of pyridine rings is 1. The number of methoxy groups -OCH3 is 1. The molecule has 9 nitrogen and oxygen atoms in total. The second-order valence-corrected chi connectivity index (χ2v) is 12.1. The Kier molecular flexibility index (Phi) is 7.38. The number of nitrogens with one attached hydrogen (secondary N) is 2. The number of aromatic nitrogens is 2. The summed E-state index contributed by atoms with van der Waals surface area (Å²) < 4.78 is 34.1. The number of hydrogen-bond acceptors (Lipinski definition) is 6. The van der Waals surface area contributed by atoms with E-state index in [4.69, 9.17) is 28.6 Å². The lowest BCUT2D eigenvalue weighted by atomic mass is 9.96. The molecule has 3 heterocycles. The standard InChI is InChI=1S/C28H28ClN5O4S2/c1-16-13-20(17(2)33(16)23-14-18(29)8-10-24(23)35)27-26(21-7-5-6-12-30-21)31-28(39)34(27)19-9-11-25(38-3)22(15-19)32-40(4,36)37/h5-15,26-27,32,35H,1-4H3,(H,31,39)/t26-,27-/m1/s1. The van der Waals surface area contributed by atoms with E-state index in [-0.39, 0.29) is 17.8 Å². The highest BCUT2D eigenvalue weighted by molar-refractivity contribution is 7.92. The first-order valence-corrected chi connectivity index (χ1v) is 15.0. The van der Waals surface area contributed by atoms with E-state index in [1.807, 2.05) is 47.6 Å². The van der Waals surface area contributed by atoms with Crippen molar-refractivity contribution in [2.45, 2.75) is 25.9 Å². The van der Waals surface area contributed by atoms with Crippen LogP contribution in [-0.2, 0) is 10.0 Å². The molecule has 1 fully saturated rings. The molecule has 0 bridgehead atoms. The molecule has 2 atom stereocenters. The van der Waals surface area contributed by atoms with Gasteiger partial charge in [-0.3, -0.25) is 9.71 Å². The smallest absolute Gasteiger partial charge is 0.229 e. The number of nitrogens with zero attached hydrogens (tertiary/aromatic N) is 3. The lowest BCUT2D eigenvalue weighted by molar-refractivity contribution is 0.417. The number of sulfonamides is 1. The monoisotopic (exact) mass is 597 g/mol. The lowest BCUT2D eigenvalue weighted by Crippen LogP contribution is -2.29. The molecule has 0 radical (unpaired) electrons. The van der Waals surface area contributed by atoms with Crippen LogP contribution in [0.25, 0.3) is 5.69 Å². The van der Waals surface area contributed by atoms with Gasteiger partial charge in [0.2, 0.25) is 10.0 Å². The number of rotatable bonds is 7. The zero-order chi connectivity index (χ0) is 28.8. The summed E-state index contributed by atoms with van der Waals surface area (Å²) in [5.74, 6) is 0.474. The third-order valence-corrected chi connectivity index (χ3v) is 7.96. The molecule has 208 valence electrons. The van der Waals surface area contributed by atoms with Crippen LogP contribution in [0.5, 0.6) is 11.5 Å². The van der Waals surface area contributed by atoms with Gasteiger partial charge >= 0.3 is 0 Å². The molecule has 2 aromatic heterocycles. The van der Waals surface area contributed by atoms with Gasteiger partial charge in [0, 0.05) is 28.3 Å². The molecule has 1 saturated heterocycles. The van der Waals surface area contributed by atoms with E-state index in [9.17, 15) is 13.5 Å². The minimum absolute atomic E-state index is 0.0996. The van der Waals surface area contributed by atoms with Crippen molar-refractivity contribution in [2.24, 2.45) is 0 Å². The van der Waals surface area contributed by atoms with Gasteiger partial charge in [-0.25, -0.2) is 8.42 Å². The zero-order valence-electron chi connectivity index (χ0n) is 22.2. The SMILES string of the molecule is COc1ccc(N2C(=S)N[C@H](c3ccccn3)[C@H]2c2cc(C)n(-c3cc(Cl)ccc3O)c2C)cc1NS(C)(=O)=O. The number of hydrogen-bond donors (Lipinski definition) is 3. The molecule has 0 saturated carbocycles. The number of phenols is 1. The summed E-state index contributed by atoms with van der Waals surface area (Å²) in [6, 6.07) is 17.2. The van der Waals surface area contributed by atoms with Crippen LogP contribution < -0.4 is 19.7 Å². The first-order chi connectivity index (χ1) is 19.0. The molecule has 0 unspecified atom stereocenters. The van der Waals surface area contributed by atoms with Crippen molar-refractivity contribution in [3.8, 4) is 17.2 Å². The molecule has 2 aromatic carbocycles. The Balaban J connectivity index is 1.70. The van der Waals surface area contributed by atoms with E-state index in [2.05, 4.69) is 21.1 Å². The Morgan fingerprint density at radius 3 is 2.58 bits per heavy atom. The lowest BCUT2D eigenvalue weighted by Gasteiger charge is -2.29. The number of phenolic OH excluding ortho intramolecular Hbond substituents is 1. The summed E-state index contributed by atoms with van der Waals surface area (Å²) in [4.78, 5) is 6.56. The van der Waals surface area contributed by atoms with Gasteiger partial charge in [0.15, 0.2) is 5.11 Å². The van der Waals surface area contributed by atoms with Crippen molar-refractivity contribution >= 4 is 50.3 Å².